The summed E-state index contributed by atoms with van der Waals surface area (Å²) in [6.07, 6.45) is 1.57. The van der Waals surface area contributed by atoms with E-state index in [9.17, 15) is 14.4 Å². The predicted octanol–water partition coefficient (Wildman–Crippen LogP) is 5.16. The summed E-state index contributed by atoms with van der Waals surface area (Å²) in [7, 11) is 0. The number of carbonyl (C=O) groups excluding carboxylic acids is 3. The van der Waals surface area contributed by atoms with E-state index in [0.29, 0.717) is 22.1 Å². The number of esters is 1. The zero-order chi connectivity index (χ0) is 23.1. The van der Waals surface area contributed by atoms with Gasteiger partial charge in [-0.2, -0.15) is 0 Å². The van der Waals surface area contributed by atoms with Gasteiger partial charge in [0.05, 0.1) is 18.1 Å². The van der Waals surface area contributed by atoms with Crippen LogP contribution in [0.3, 0.4) is 0 Å². The van der Waals surface area contributed by atoms with Gasteiger partial charge >= 0.3 is 5.97 Å². The third kappa shape index (κ3) is 6.51. The van der Waals surface area contributed by atoms with Crippen molar-refractivity contribution in [2.75, 3.05) is 26.4 Å². The minimum atomic E-state index is -0.498. The molecule has 0 saturated carbocycles. The second-order valence-corrected chi connectivity index (χ2v) is 8.76. The molecule has 1 saturated heterocycles. The van der Waals surface area contributed by atoms with E-state index in [4.69, 9.17) is 25.8 Å². The standard InChI is InChI=1S/C22H19BrClNO6S/c1-2-29-20(26)13-31-18-8-3-15(23)11-14(18)12-19-21(27)25(22(28)32-19)9-10-30-17-6-4-16(24)5-7-17/h3-8,11-12H,2,9-10,13H2,1H3/b19-12-. The number of halogens is 2. The zero-order valence-corrected chi connectivity index (χ0v) is 20.2. The highest BCUT2D eigenvalue weighted by Gasteiger charge is 2.35. The van der Waals surface area contributed by atoms with E-state index in [1.54, 1.807) is 55.5 Å². The molecule has 32 heavy (non-hydrogen) atoms. The molecule has 3 rings (SSSR count). The highest BCUT2D eigenvalue weighted by Crippen LogP contribution is 2.34. The van der Waals surface area contributed by atoms with Crippen molar-refractivity contribution in [3.63, 3.8) is 0 Å². The summed E-state index contributed by atoms with van der Waals surface area (Å²) < 4.78 is 16.7. The number of hydrogen-bond donors (Lipinski definition) is 0. The van der Waals surface area contributed by atoms with E-state index in [2.05, 4.69) is 15.9 Å². The zero-order valence-electron chi connectivity index (χ0n) is 17.0. The van der Waals surface area contributed by atoms with Crippen LogP contribution in [0.4, 0.5) is 4.79 Å². The highest BCUT2D eigenvalue weighted by atomic mass is 79.9. The summed E-state index contributed by atoms with van der Waals surface area (Å²) in [5.74, 6) is 0.0620. The minimum absolute atomic E-state index is 0.106. The third-order valence-corrected chi connectivity index (χ3v) is 5.83. The topological polar surface area (TPSA) is 82.1 Å². The summed E-state index contributed by atoms with van der Waals surface area (Å²) in [5, 5.41) is 0.205. The fraction of sp³-hybridized carbons (Fsp3) is 0.227. The van der Waals surface area contributed by atoms with Gasteiger partial charge in [-0.25, -0.2) is 4.79 Å². The van der Waals surface area contributed by atoms with E-state index in [-0.39, 0.29) is 36.5 Å². The first kappa shape index (κ1) is 24.2. The second-order valence-electron chi connectivity index (χ2n) is 6.41. The summed E-state index contributed by atoms with van der Waals surface area (Å²) in [4.78, 5) is 38.1. The highest BCUT2D eigenvalue weighted by molar-refractivity contribution is 9.10. The molecule has 0 atom stereocenters. The van der Waals surface area contributed by atoms with Crippen molar-refractivity contribution >= 4 is 62.5 Å². The van der Waals surface area contributed by atoms with Gasteiger partial charge < -0.3 is 14.2 Å². The number of thioether (sulfide) groups is 1. The first-order valence-electron chi connectivity index (χ1n) is 9.59. The number of amides is 2. The number of imide groups is 1. The maximum absolute atomic E-state index is 12.8. The Morgan fingerprint density at radius 2 is 1.91 bits per heavy atom. The molecule has 0 N–H and O–H groups in total. The first-order valence-corrected chi connectivity index (χ1v) is 11.6. The molecular formula is C22H19BrClNO6S. The van der Waals surface area contributed by atoms with Gasteiger partial charge in [0.15, 0.2) is 6.61 Å². The number of nitrogens with zero attached hydrogens (tertiary/aromatic N) is 1. The van der Waals surface area contributed by atoms with Crippen LogP contribution in [0.2, 0.25) is 5.02 Å². The Morgan fingerprint density at radius 1 is 1.16 bits per heavy atom. The molecule has 10 heteroatoms. The number of ether oxygens (including phenoxy) is 3. The Morgan fingerprint density at radius 3 is 2.62 bits per heavy atom. The molecule has 168 valence electrons. The van der Waals surface area contributed by atoms with Gasteiger partial charge in [0.25, 0.3) is 11.1 Å². The molecule has 2 aromatic rings. The van der Waals surface area contributed by atoms with Crippen molar-refractivity contribution in [3.05, 3.63) is 62.4 Å². The van der Waals surface area contributed by atoms with Crippen LogP contribution in [0.1, 0.15) is 12.5 Å². The fourth-order valence-electron chi connectivity index (χ4n) is 2.72. The smallest absolute Gasteiger partial charge is 0.344 e. The van der Waals surface area contributed by atoms with Crippen molar-refractivity contribution in [1.82, 2.24) is 4.90 Å². The Balaban J connectivity index is 1.67. The molecule has 0 aromatic heterocycles. The molecule has 0 unspecified atom stereocenters. The van der Waals surface area contributed by atoms with Crippen LogP contribution in [-0.2, 0) is 14.3 Å². The average molecular weight is 541 g/mol. The maximum Gasteiger partial charge on any atom is 0.344 e. The van der Waals surface area contributed by atoms with Gasteiger partial charge in [-0.15, -0.1) is 0 Å². The Hall–Kier alpha value is -2.49. The number of benzene rings is 2. The van der Waals surface area contributed by atoms with Crippen molar-refractivity contribution in [2.45, 2.75) is 6.92 Å². The van der Waals surface area contributed by atoms with Crippen LogP contribution in [0.15, 0.2) is 51.8 Å². The second kappa shape index (κ2) is 11.4. The molecule has 0 aliphatic carbocycles. The molecule has 1 aliphatic heterocycles. The first-order chi connectivity index (χ1) is 15.4. The van der Waals surface area contributed by atoms with E-state index in [1.807, 2.05) is 0 Å². The van der Waals surface area contributed by atoms with Crippen LogP contribution >= 0.6 is 39.3 Å². The summed E-state index contributed by atoms with van der Waals surface area (Å²) in [5.41, 5.74) is 0.548. The molecule has 1 heterocycles. The lowest BCUT2D eigenvalue weighted by atomic mass is 10.2. The predicted molar refractivity (Wildman–Crippen MR) is 126 cm³/mol. The SMILES string of the molecule is CCOC(=O)COc1ccc(Br)cc1/C=C1\SC(=O)N(CCOc2ccc(Cl)cc2)C1=O. The Kier molecular flexibility index (Phi) is 8.60. The normalized spacial score (nSPS) is 14.7. The van der Waals surface area contributed by atoms with Crippen LogP contribution in [0, 0.1) is 0 Å². The quantitative estimate of drug-likeness (QED) is 0.321. The fourth-order valence-corrected chi connectivity index (χ4v) is 4.08. The summed E-state index contributed by atoms with van der Waals surface area (Å²) in [6.45, 7) is 1.96. The van der Waals surface area contributed by atoms with Crippen LogP contribution in [0.25, 0.3) is 6.08 Å². The number of rotatable bonds is 9. The molecule has 1 fully saturated rings. The van der Waals surface area contributed by atoms with Crippen LogP contribution < -0.4 is 9.47 Å². The summed E-state index contributed by atoms with van der Waals surface area (Å²) in [6, 6.07) is 12.0. The molecule has 7 nitrogen and oxygen atoms in total. The molecular weight excluding hydrogens is 522 g/mol. The van der Waals surface area contributed by atoms with E-state index >= 15 is 0 Å². The lowest BCUT2D eigenvalue weighted by Crippen LogP contribution is -2.32. The van der Waals surface area contributed by atoms with Gasteiger partial charge in [0.1, 0.15) is 18.1 Å². The van der Waals surface area contributed by atoms with Crippen molar-refractivity contribution in [3.8, 4) is 11.5 Å². The molecule has 2 aromatic carbocycles. The minimum Gasteiger partial charge on any atom is -0.492 e. The number of carbonyl (C=O) groups is 3. The van der Waals surface area contributed by atoms with Crippen molar-refractivity contribution < 1.29 is 28.6 Å². The molecule has 2 amide bonds. The Bertz CT molecular complexity index is 1040. The van der Waals surface area contributed by atoms with Gasteiger partial charge in [-0.3, -0.25) is 14.5 Å². The maximum atomic E-state index is 12.8. The van der Waals surface area contributed by atoms with Crippen LogP contribution in [-0.4, -0.2) is 48.4 Å². The lowest BCUT2D eigenvalue weighted by Gasteiger charge is -2.13. The summed E-state index contributed by atoms with van der Waals surface area (Å²) >= 11 is 10.1. The molecule has 1 aliphatic rings. The van der Waals surface area contributed by atoms with Crippen molar-refractivity contribution in [2.24, 2.45) is 0 Å². The molecule has 0 spiro atoms. The van der Waals surface area contributed by atoms with Crippen molar-refractivity contribution in [1.29, 1.82) is 0 Å². The average Bonchev–Trinajstić information content (AvgIpc) is 3.02. The van der Waals surface area contributed by atoms with Crippen LogP contribution in [0.5, 0.6) is 11.5 Å². The van der Waals surface area contributed by atoms with Gasteiger partial charge in [0.2, 0.25) is 0 Å². The monoisotopic (exact) mass is 539 g/mol. The van der Waals surface area contributed by atoms with E-state index in [1.165, 1.54) is 0 Å². The van der Waals surface area contributed by atoms with Gasteiger partial charge in [-0.1, -0.05) is 27.5 Å². The van der Waals surface area contributed by atoms with Gasteiger partial charge in [-0.05, 0) is 67.2 Å². The van der Waals surface area contributed by atoms with E-state index in [0.717, 1.165) is 21.1 Å². The molecule has 0 radical (unpaired) electrons. The molecule has 0 bridgehead atoms. The van der Waals surface area contributed by atoms with Gasteiger partial charge in [0, 0.05) is 15.1 Å². The largest absolute Gasteiger partial charge is 0.492 e. The third-order valence-electron chi connectivity index (χ3n) is 4.18. The lowest BCUT2D eigenvalue weighted by molar-refractivity contribution is -0.145. The Labute approximate surface area is 202 Å². The number of hydrogen-bond acceptors (Lipinski definition) is 7. The van der Waals surface area contributed by atoms with E-state index < -0.39 is 11.9 Å².